The van der Waals surface area contributed by atoms with Crippen molar-refractivity contribution < 1.29 is 14.7 Å². The molecule has 0 unspecified atom stereocenters. The highest BCUT2D eigenvalue weighted by Crippen LogP contribution is 2.29. The third-order valence-corrected chi connectivity index (χ3v) is 2.50. The van der Waals surface area contributed by atoms with Crippen LogP contribution >= 0.6 is 0 Å². The maximum absolute atomic E-state index is 11.9. The van der Waals surface area contributed by atoms with E-state index in [0.29, 0.717) is 12.5 Å². The lowest BCUT2D eigenvalue weighted by Crippen LogP contribution is -2.44. The summed E-state index contributed by atoms with van der Waals surface area (Å²) in [5, 5.41) is 8.69. The number of carbonyl (C=O) groups excluding carboxylic acids is 1. The number of hydrogen-bond acceptors (Lipinski definition) is 2. The van der Waals surface area contributed by atoms with E-state index in [0.717, 1.165) is 12.8 Å². The fourth-order valence-corrected chi connectivity index (χ4v) is 1.54. The van der Waals surface area contributed by atoms with Crippen molar-refractivity contribution in [1.82, 2.24) is 9.80 Å². The minimum atomic E-state index is -1.00. The molecule has 0 saturated heterocycles. The normalized spacial score (nSPS) is 14.3. The zero-order valence-corrected chi connectivity index (χ0v) is 9.56. The van der Waals surface area contributed by atoms with E-state index >= 15 is 0 Å². The molecule has 2 amide bonds. The summed E-state index contributed by atoms with van der Waals surface area (Å²) in [6.07, 6.45) is 3.86. The fraction of sp³-hybridized carbons (Fsp3) is 0.636. The molecule has 0 bridgehead atoms. The van der Waals surface area contributed by atoms with E-state index in [9.17, 15) is 9.59 Å². The number of aliphatic carboxylic acids is 1. The van der Waals surface area contributed by atoms with E-state index in [2.05, 4.69) is 6.58 Å². The largest absolute Gasteiger partial charge is 0.480 e. The third-order valence-electron chi connectivity index (χ3n) is 2.50. The molecule has 0 aromatic carbocycles. The molecule has 0 heterocycles. The molecule has 0 aliphatic heterocycles. The van der Waals surface area contributed by atoms with Crippen molar-refractivity contribution in [3.05, 3.63) is 12.7 Å². The lowest BCUT2D eigenvalue weighted by Gasteiger charge is -2.26. The molecule has 0 aromatic heterocycles. The highest BCUT2D eigenvalue weighted by molar-refractivity contribution is 5.80. The Kier molecular flexibility index (Phi) is 4.34. The van der Waals surface area contributed by atoms with Crippen LogP contribution in [0.25, 0.3) is 0 Å². The molecular formula is C11H18N2O3. The Labute approximate surface area is 95.3 Å². The number of carboxylic acid groups (broad SMARTS) is 1. The van der Waals surface area contributed by atoms with Crippen LogP contribution in [-0.4, -0.2) is 53.6 Å². The standard InChI is InChI=1S/C11H18N2O3/c1-3-6-13(8-10(14)15)11(16)12(2)7-9-4-5-9/h3,9H,1,4-8H2,2H3,(H,14,15). The minimum absolute atomic E-state index is 0.241. The van der Waals surface area contributed by atoms with Gasteiger partial charge in [0.15, 0.2) is 0 Å². The van der Waals surface area contributed by atoms with Crippen LogP contribution in [0.2, 0.25) is 0 Å². The van der Waals surface area contributed by atoms with Gasteiger partial charge in [-0.25, -0.2) is 4.79 Å². The second-order valence-electron chi connectivity index (χ2n) is 4.17. The monoisotopic (exact) mass is 226 g/mol. The number of urea groups is 1. The highest BCUT2D eigenvalue weighted by atomic mass is 16.4. The Morgan fingerprint density at radius 2 is 2.12 bits per heavy atom. The Hall–Kier alpha value is -1.52. The van der Waals surface area contributed by atoms with Crippen LogP contribution in [-0.2, 0) is 4.79 Å². The van der Waals surface area contributed by atoms with Gasteiger partial charge in [0.05, 0.1) is 0 Å². The zero-order valence-electron chi connectivity index (χ0n) is 9.56. The van der Waals surface area contributed by atoms with Gasteiger partial charge in [-0.05, 0) is 18.8 Å². The van der Waals surface area contributed by atoms with Crippen molar-refractivity contribution in [1.29, 1.82) is 0 Å². The van der Waals surface area contributed by atoms with Crippen LogP contribution in [0.1, 0.15) is 12.8 Å². The van der Waals surface area contributed by atoms with Gasteiger partial charge in [-0.3, -0.25) is 4.79 Å². The Bertz CT molecular complexity index is 287. The number of amides is 2. The number of hydrogen-bond donors (Lipinski definition) is 1. The van der Waals surface area contributed by atoms with Gasteiger partial charge in [0.2, 0.25) is 0 Å². The molecular weight excluding hydrogens is 208 g/mol. The van der Waals surface area contributed by atoms with Crippen LogP contribution in [0.3, 0.4) is 0 Å². The van der Waals surface area contributed by atoms with Crippen LogP contribution in [0.4, 0.5) is 4.79 Å². The Morgan fingerprint density at radius 3 is 2.56 bits per heavy atom. The van der Waals surface area contributed by atoms with Crippen molar-refractivity contribution in [3.63, 3.8) is 0 Å². The van der Waals surface area contributed by atoms with Gasteiger partial charge < -0.3 is 14.9 Å². The smallest absolute Gasteiger partial charge is 0.323 e. The average Bonchev–Trinajstić information content (AvgIpc) is 2.99. The van der Waals surface area contributed by atoms with E-state index in [1.807, 2.05) is 0 Å². The summed E-state index contributed by atoms with van der Waals surface area (Å²) >= 11 is 0. The molecule has 5 heteroatoms. The Morgan fingerprint density at radius 1 is 1.50 bits per heavy atom. The van der Waals surface area contributed by atoms with Gasteiger partial charge in [0, 0.05) is 20.1 Å². The van der Waals surface area contributed by atoms with E-state index in [-0.39, 0.29) is 19.1 Å². The van der Waals surface area contributed by atoms with E-state index in [4.69, 9.17) is 5.11 Å². The van der Waals surface area contributed by atoms with Crippen molar-refractivity contribution >= 4 is 12.0 Å². The number of carbonyl (C=O) groups is 2. The molecule has 1 rings (SSSR count). The molecule has 5 nitrogen and oxygen atoms in total. The highest BCUT2D eigenvalue weighted by Gasteiger charge is 2.27. The summed E-state index contributed by atoms with van der Waals surface area (Å²) in [6, 6.07) is -0.241. The van der Waals surface area contributed by atoms with Crippen LogP contribution in [0.15, 0.2) is 12.7 Å². The van der Waals surface area contributed by atoms with Gasteiger partial charge in [-0.2, -0.15) is 0 Å². The van der Waals surface area contributed by atoms with Crippen molar-refractivity contribution in [2.45, 2.75) is 12.8 Å². The number of carboxylic acids is 1. The van der Waals surface area contributed by atoms with Crippen LogP contribution in [0, 0.1) is 5.92 Å². The summed E-state index contributed by atoms with van der Waals surface area (Å²) in [4.78, 5) is 25.3. The SMILES string of the molecule is C=CCN(CC(=O)O)C(=O)N(C)CC1CC1. The fourth-order valence-electron chi connectivity index (χ4n) is 1.54. The van der Waals surface area contributed by atoms with Gasteiger partial charge in [-0.1, -0.05) is 6.08 Å². The summed E-state index contributed by atoms with van der Waals surface area (Å²) in [7, 11) is 1.71. The first-order valence-electron chi connectivity index (χ1n) is 5.37. The van der Waals surface area contributed by atoms with Crippen LogP contribution < -0.4 is 0 Å². The Balaban J connectivity index is 2.49. The molecule has 0 aromatic rings. The third kappa shape index (κ3) is 3.92. The number of rotatable bonds is 6. The van der Waals surface area contributed by atoms with Gasteiger partial charge in [-0.15, -0.1) is 6.58 Å². The summed E-state index contributed by atoms with van der Waals surface area (Å²) in [5.41, 5.74) is 0. The lowest BCUT2D eigenvalue weighted by atomic mass is 10.4. The minimum Gasteiger partial charge on any atom is -0.480 e. The lowest BCUT2D eigenvalue weighted by molar-refractivity contribution is -0.137. The second-order valence-corrected chi connectivity index (χ2v) is 4.17. The summed E-state index contributed by atoms with van der Waals surface area (Å²) in [6.45, 7) is 4.22. The molecule has 1 aliphatic carbocycles. The van der Waals surface area contributed by atoms with Crippen molar-refractivity contribution in [2.24, 2.45) is 5.92 Å². The maximum Gasteiger partial charge on any atom is 0.323 e. The first-order chi connectivity index (χ1) is 7.54. The average molecular weight is 226 g/mol. The molecule has 1 saturated carbocycles. The molecule has 1 aliphatic rings. The van der Waals surface area contributed by atoms with Crippen molar-refractivity contribution in [2.75, 3.05) is 26.7 Å². The molecule has 1 fully saturated rings. The summed E-state index contributed by atoms with van der Waals surface area (Å²) < 4.78 is 0. The second kappa shape index (κ2) is 5.53. The first-order valence-corrected chi connectivity index (χ1v) is 5.37. The molecule has 0 atom stereocenters. The molecule has 0 radical (unpaired) electrons. The van der Waals surface area contributed by atoms with Gasteiger partial charge in [0.25, 0.3) is 0 Å². The van der Waals surface area contributed by atoms with E-state index in [1.165, 1.54) is 11.0 Å². The molecule has 0 spiro atoms. The van der Waals surface area contributed by atoms with Gasteiger partial charge >= 0.3 is 12.0 Å². The number of nitrogens with zero attached hydrogens (tertiary/aromatic N) is 2. The molecule has 90 valence electrons. The predicted octanol–water partition coefficient (Wildman–Crippen LogP) is 1.02. The summed E-state index contributed by atoms with van der Waals surface area (Å²) in [5.74, 6) is -0.403. The first kappa shape index (κ1) is 12.5. The topological polar surface area (TPSA) is 60.9 Å². The quantitative estimate of drug-likeness (QED) is 0.688. The zero-order chi connectivity index (χ0) is 12.1. The van der Waals surface area contributed by atoms with Crippen molar-refractivity contribution in [3.8, 4) is 0 Å². The molecule has 16 heavy (non-hydrogen) atoms. The molecule has 1 N–H and O–H groups in total. The predicted molar refractivity (Wildman–Crippen MR) is 60.2 cm³/mol. The van der Waals surface area contributed by atoms with Gasteiger partial charge in [0.1, 0.15) is 6.54 Å². The maximum atomic E-state index is 11.9. The van der Waals surface area contributed by atoms with Crippen LogP contribution in [0.5, 0.6) is 0 Å². The van der Waals surface area contributed by atoms with E-state index < -0.39 is 5.97 Å². The van der Waals surface area contributed by atoms with E-state index in [1.54, 1.807) is 11.9 Å².